The molecule has 2 nitrogen and oxygen atoms in total. The van der Waals surface area contributed by atoms with E-state index in [1.54, 1.807) is 0 Å². The van der Waals surface area contributed by atoms with Crippen molar-refractivity contribution in [1.82, 2.24) is 0 Å². The van der Waals surface area contributed by atoms with Crippen molar-refractivity contribution in [2.45, 2.75) is 46.0 Å². The standard InChI is InChI=1S/C17H27NO/c1-3-5-8-15-11-13-18(14-12-15)16-9-6-7-10-17(16)19-4-2/h6-7,9-10,15H,3-5,8,11-14H2,1-2H3. The predicted octanol–water partition coefficient (Wildman–Crippen LogP) is 4.49. The summed E-state index contributed by atoms with van der Waals surface area (Å²) >= 11 is 0. The van der Waals surface area contributed by atoms with Crippen LogP contribution in [0.2, 0.25) is 0 Å². The van der Waals surface area contributed by atoms with Gasteiger partial charge in [-0.3, -0.25) is 0 Å². The molecule has 1 aliphatic heterocycles. The van der Waals surface area contributed by atoms with Gasteiger partial charge in [0, 0.05) is 13.1 Å². The number of ether oxygens (including phenoxy) is 1. The minimum absolute atomic E-state index is 0.740. The first-order chi connectivity index (χ1) is 9.35. The zero-order valence-electron chi connectivity index (χ0n) is 12.4. The number of hydrogen-bond donors (Lipinski definition) is 0. The van der Waals surface area contributed by atoms with Crippen LogP contribution in [0.3, 0.4) is 0 Å². The van der Waals surface area contributed by atoms with Gasteiger partial charge < -0.3 is 9.64 Å². The zero-order chi connectivity index (χ0) is 13.5. The molecule has 0 saturated carbocycles. The van der Waals surface area contributed by atoms with Gasteiger partial charge in [0.2, 0.25) is 0 Å². The highest BCUT2D eigenvalue weighted by Gasteiger charge is 2.20. The van der Waals surface area contributed by atoms with Crippen molar-refractivity contribution in [2.24, 2.45) is 5.92 Å². The van der Waals surface area contributed by atoms with Gasteiger partial charge in [-0.15, -0.1) is 0 Å². The number of para-hydroxylation sites is 2. The summed E-state index contributed by atoms with van der Waals surface area (Å²) in [7, 11) is 0. The van der Waals surface area contributed by atoms with Crippen molar-refractivity contribution < 1.29 is 4.74 Å². The molecule has 1 aliphatic rings. The molecular weight excluding hydrogens is 234 g/mol. The van der Waals surface area contributed by atoms with Crippen LogP contribution in [0.4, 0.5) is 5.69 Å². The highest BCUT2D eigenvalue weighted by Crippen LogP contribution is 2.32. The second-order valence-corrected chi connectivity index (χ2v) is 5.47. The molecular formula is C17H27NO. The topological polar surface area (TPSA) is 12.5 Å². The van der Waals surface area contributed by atoms with E-state index in [9.17, 15) is 0 Å². The lowest BCUT2D eigenvalue weighted by Crippen LogP contribution is -2.33. The van der Waals surface area contributed by atoms with Crippen LogP contribution < -0.4 is 9.64 Å². The molecule has 1 saturated heterocycles. The molecule has 0 radical (unpaired) electrons. The normalized spacial score (nSPS) is 16.6. The van der Waals surface area contributed by atoms with Gasteiger partial charge in [0.15, 0.2) is 0 Å². The summed E-state index contributed by atoms with van der Waals surface area (Å²) < 4.78 is 5.74. The van der Waals surface area contributed by atoms with E-state index in [1.165, 1.54) is 50.9 Å². The Labute approximate surface area is 117 Å². The van der Waals surface area contributed by atoms with Crippen molar-refractivity contribution in [3.05, 3.63) is 24.3 Å². The van der Waals surface area contributed by atoms with Crippen LogP contribution in [0, 0.1) is 5.92 Å². The minimum Gasteiger partial charge on any atom is -0.492 e. The van der Waals surface area contributed by atoms with Crippen molar-refractivity contribution in [3.63, 3.8) is 0 Å². The van der Waals surface area contributed by atoms with Gasteiger partial charge in [-0.05, 0) is 37.8 Å². The Bertz CT molecular complexity index is 369. The smallest absolute Gasteiger partial charge is 0.142 e. The van der Waals surface area contributed by atoms with Crippen LogP contribution >= 0.6 is 0 Å². The molecule has 19 heavy (non-hydrogen) atoms. The molecule has 2 heteroatoms. The number of unbranched alkanes of at least 4 members (excludes halogenated alkanes) is 1. The van der Waals surface area contributed by atoms with Crippen LogP contribution in [-0.2, 0) is 0 Å². The number of benzene rings is 1. The lowest BCUT2D eigenvalue weighted by atomic mass is 9.91. The fourth-order valence-electron chi connectivity index (χ4n) is 2.95. The summed E-state index contributed by atoms with van der Waals surface area (Å²) in [6, 6.07) is 8.45. The number of rotatable bonds is 6. The molecule has 1 fully saturated rings. The van der Waals surface area contributed by atoms with Gasteiger partial charge in [-0.25, -0.2) is 0 Å². The first-order valence-corrected chi connectivity index (χ1v) is 7.82. The van der Waals surface area contributed by atoms with Crippen LogP contribution in [0.1, 0.15) is 46.0 Å². The summed E-state index contributed by atoms with van der Waals surface area (Å²) in [4.78, 5) is 2.49. The fourth-order valence-corrected chi connectivity index (χ4v) is 2.95. The second-order valence-electron chi connectivity index (χ2n) is 5.47. The maximum Gasteiger partial charge on any atom is 0.142 e. The summed E-state index contributed by atoms with van der Waals surface area (Å²) in [5.41, 5.74) is 1.28. The van der Waals surface area contributed by atoms with E-state index < -0.39 is 0 Å². The maximum atomic E-state index is 5.74. The number of anilines is 1. The van der Waals surface area contributed by atoms with Crippen molar-refractivity contribution in [1.29, 1.82) is 0 Å². The average molecular weight is 261 g/mol. The summed E-state index contributed by atoms with van der Waals surface area (Å²) in [5, 5.41) is 0. The maximum absolute atomic E-state index is 5.74. The minimum atomic E-state index is 0.740. The zero-order valence-corrected chi connectivity index (χ0v) is 12.4. The number of nitrogens with zero attached hydrogens (tertiary/aromatic N) is 1. The number of hydrogen-bond acceptors (Lipinski definition) is 2. The molecule has 0 amide bonds. The Morgan fingerprint density at radius 2 is 1.89 bits per heavy atom. The molecule has 0 aliphatic carbocycles. The number of piperidine rings is 1. The van der Waals surface area contributed by atoms with E-state index in [-0.39, 0.29) is 0 Å². The van der Waals surface area contributed by atoms with E-state index in [1.807, 2.05) is 6.92 Å². The molecule has 2 rings (SSSR count). The molecule has 0 unspecified atom stereocenters. The van der Waals surface area contributed by atoms with Gasteiger partial charge >= 0.3 is 0 Å². The molecule has 0 N–H and O–H groups in total. The summed E-state index contributed by atoms with van der Waals surface area (Å²) in [6.45, 7) is 7.43. The van der Waals surface area contributed by atoms with Crippen molar-refractivity contribution in [2.75, 3.05) is 24.6 Å². The van der Waals surface area contributed by atoms with Crippen LogP contribution in [0.25, 0.3) is 0 Å². The Kier molecular flexibility index (Phi) is 5.56. The molecule has 1 aromatic carbocycles. The predicted molar refractivity (Wildman–Crippen MR) is 82.1 cm³/mol. The Morgan fingerprint density at radius 3 is 2.58 bits per heavy atom. The third-order valence-electron chi connectivity index (χ3n) is 4.09. The molecule has 0 aromatic heterocycles. The highest BCUT2D eigenvalue weighted by atomic mass is 16.5. The SMILES string of the molecule is CCCCC1CCN(c2ccccc2OCC)CC1. The molecule has 1 aromatic rings. The summed E-state index contributed by atoms with van der Waals surface area (Å²) in [6.07, 6.45) is 6.80. The molecule has 1 heterocycles. The van der Waals surface area contributed by atoms with E-state index in [2.05, 4.69) is 36.1 Å². The van der Waals surface area contributed by atoms with Crippen LogP contribution in [0.5, 0.6) is 5.75 Å². The van der Waals surface area contributed by atoms with E-state index in [4.69, 9.17) is 4.74 Å². The van der Waals surface area contributed by atoms with E-state index in [0.29, 0.717) is 0 Å². The Hall–Kier alpha value is -1.18. The Balaban J connectivity index is 1.93. The second kappa shape index (κ2) is 7.42. The first-order valence-electron chi connectivity index (χ1n) is 7.82. The van der Waals surface area contributed by atoms with Crippen LogP contribution in [-0.4, -0.2) is 19.7 Å². The van der Waals surface area contributed by atoms with Crippen LogP contribution in [0.15, 0.2) is 24.3 Å². The van der Waals surface area contributed by atoms with Gasteiger partial charge in [0.1, 0.15) is 5.75 Å². The first kappa shape index (κ1) is 14.2. The largest absolute Gasteiger partial charge is 0.492 e. The molecule has 0 bridgehead atoms. The van der Waals surface area contributed by atoms with Gasteiger partial charge in [-0.2, -0.15) is 0 Å². The lowest BCUT2D eigenvalue weighted by Gasteiger charge is -2.34. The van der Waals surface area contributed by atoms with E-state index in [0.717, 1.165) is 18.3 Å². The Morgan fingerprint density at radius 1 is 1.16 bits per heavy atom. The van der Waals surface area contributed by atoms with Crippen molar-refractivity contribution >= 4 is 5.69 Å². The third kappa shape index (κ3) is 3.89. The third-order valence-corrected chi connectivity index (χ3v) is 4.09. The molecule has 0 atom stereocenters. The average Bonchev–Trinajstić information content (AvgIpc) is 2.47. The van der Waals surface area contributed by atoms with Crippen molar-refractivity contribution in [3.8, 4) is 5.75 Å². The monoisotopic (exact) mass is 261 g/mol. The molecule has 106 valence electrons. The highest BCUT2D eigenvalue weighted by molar-refractivity contribution is 5.58. The quantitative estimate of drug-likeness (QED) is 0.748. The van der Waals surface area contributed by atoms with Gasteiger partial charge in [-0.1, -0.05) is 38.3 Å². The molecule has 0 spiro atoms. The van der Waals surface area contributed by atoms with E-state index >= 15 is 0 Å². The summed E-state index contributed by atoms with van der Waals surface area (Å²) in [5.74, 6) is 1.98. The lowest BCUT2D eigenvalue weighted by molar-refractivity contribution is 0.335. The van der Waals surface area contributed by atoms with Gasteiger partial charge in [0.25, 0.3) is 0 Å². The fraction of sp³-hybridized carbons (Fsp3) is 0.647. The van der Waals surface area contributed by atoms with Gasteiger partial charge in [0.05, 0.1) is 12.3 Å².